The Labute approximate surface area is 162 Å². The van der Waals surface area contributed by atoms with Crippen molar-refractivity contribution in [2.75, 3.05) is 0 Å². The standard InChI is InChI=1S/C23H21FN2O2/c1-26-15-20(18-9-3-5-11-22(18)26)19(17-8-2-4-10-21(17)24)13-23(27)25-14-16-7-6-12-28-16/h2-12,15,19H,13-14H2,1H3,(H,25,27). The Morgan fingerprint density at radius 3 is 2.64 bits per heavy atom. The second-order valence-corrected chi connectivity index (χ2v) is 6.85. The van der Waals surface area contributed by atoms with Crippen molar-refractivity contribution in [1.82, 2.24) is 9.88 Å². The number of furan rings is 1. The van der Waals surface area contributed by atoms with E-state index in [0.717, 1.165) is 16.5 Å². The Balaban J connectivity index is 1.68. The van der Waals surface area contributed by atoms with Gasteiger partial charge in [-0.2, -0.15) is 0 Å². The highest BCUT2D eigenvalue weighted by molar-refractivity contribution is 5.86. The highest BCUT2D eigenvalue weighted by atomic mass is 19.1. The van der Waals surface area contributed by atoms with Crippen LogP contribution in [-0.2, 0) is 18.4 Å². The number of hydrogen-bond donors (Lipinski definition) is 1. The summed E-state index contributed by atoms with van der Waals surface area (Å²) in [5.41, 5.74) is 2.51. The van der Waals surface area contributed by atoms with Gasteiger partial charge in [0.1, 0.15) is 11.6 Å². The third-order valence-electron chi connectivity index (χ3n) is 5.01. The predicted octanol–water partition coefficient (Wildman–Crippen LogP) is 4.75. The van der Waals surface area contributed by atoms with Crippen molar-refractivity contribution >= 4 is 16.8 Å². The van der Waals surface area contributed by atoms with Crippen molar-refractivity contribution in [1.29, 1.82) is 0 Å². The Hall–Kier alpha value is -3.34. The first kappa shape index (κ1) is 18.0. The molecule has 1 atom stereocenters. The SMILES string of the molecule is Cn1cc(C(CC(=O)NCc2ccco2)c2ccccc2F)c2ccccc21. The maximum absolute atomic E-state index is 14.6. The summed E-state index contributed by atoms with van der Waals surface area (Å²) >= 11 is 0. The van der Waals surface area contributed by atoms with E-state index >= 15 is 0 Å². The molecule has 0 radical (unpaired) electrons. The van der Waals surface area contributed by atoms with Crippen molar-refractivity contribution in [3.05, 3.63) is 95.8 Å². The van der Waals surface area contributed by atoms with Crippen LogP contribution in [0.3, 0.4) is 0 Å². The number of para-hydroxylation sites is 1. The van der Waals surface area contributed by atoms with Gasteiger partial charge in [-0.25, -0.2) is 4.39 Å². The second kappa shape index (κ2) is 7.72. The van der Waals surface area contributed by atoms with Crippen LogP contribution in [0.5, 0.6) is 0 Å². The van der Waals surface area contributed by atoms with Gasteiger partial charge in [0.05, 0.1) is 12.8 Å². The van der Waals surface area contributed by atoms with Gasteiger partial charge in [0.15, 0.2) is 0 Å². The number of carbonyl (C=O) groups is 1. The monoisotopic (exact) mass is 376 g/mol. The van der Waals surface area contributed by atoms with Gasteiger partial charge in [-0.1, -0.05) is 36.4 Å². The maximum Gasteiger partial charge on any atom is 0.221 e. The van der Waals surface area contributed by atoms with E-state index in [4.69, 9.17) is 4.42 Å². The first-order chi connectivity index (χ1) is 13.6. The van der Waals surface area contributed by atoms with Crippen molar-refractivity contribution in [3.63, 3.8) is 0 Å². The fraction of sp³-hybridized carbons (Fsp3) is 0.174. The van der Waals surface area contributed by atoms with E-state index in [1.54, 1.807) is 36.6 Å². The van der Waals surface area contributed by atoms with Gasteiger partial charge in [0.25, 0.3) is 0 Å². The molecule has 1 unspecified atom stereocenters. The largest absolute Gasteiger partial charge is 0.467 e. The van der Waals surface area contributed by atoms with Gasteiger partial charge in [0, 0.05) is 36.5 Å². The van der Waals surface area contributed by atoms with Gasteiger partial charge in [-0.3, -0.25) is 4.79 Å². The van der Waals surface area contributed by atoms with Crippen LogP contribution in [0.15, 0.2) is 77.5 Å². The van der Waals surface area contributed by atoms with Gasteiger partial charge >= 0.3 is 0 Å². The Bertz CT molecular complexity index is 1100. The van der Waals surface area contributed by atoms with Crippen molar-refractivity contribution in [2.45, 2.75) is 18.9 Å². The predicted molar refractivity (Wildman–Crippen MR) is 106 cm³/mol. The number of carbonyl (C=O) groups excluding carboxylic acids is 1. The summed E-state index contributed by atoms with van der Waals surface area (Å²) in [5.74, 6) is -0.165. The number of aromatic nitrogens is 1. The zero-order valence-electron chi connectivity index (χ0n) is 15.6. The number of benzene rings is 2. The summed E-state index contributed by atoms with van der Waals surface area (Å²) in [4.78, 5) is 12.7. The normalized spacial score (nSPS) is 12.2. The third kappa shape index (κ3) is 3.56. The van der Waals surface area contributed by atoms with Crippen LogP contribution in [0.1, 0.15) is 29.2 Å². The summed E-state index contributed by atoms with van der Waals surface area (Å²) in [6.45, 7) is 0.311. The number of halogens is 1. The molecule has 2 aromatic carbocycles. The average Bonchev–Trinajstić information content (AvgIpc) is 3.34. The molecule has 1 amide bonds. The molecule has 4 aromatic rings. The topological polar surface area (TPSA) is 47.2 Å². The number of rotatable bonds is 6. The zero-order chi connectivity index (χ0) is 19.5. The fourth-order valence-corrected chi connectivity index (χ4v) is 3.65. The molecule has 0 fully saturated rings. The fourth-order valence-electron chi connectivity index (χ4n) is 3.65. The molecule has 142 valence electrons. The van der Waals surface area contributed by atoms with Crippen molar-refractivity contribution in [3.8, 4) is 0 Å². The molecular formula is C23H21FN2O2. The molecule has 0 bridgehead atoms. The molecule has 2 aromatic heterocycles. The van der Waals surface area contributed by atoms with Crippen LogP contribution in [-0.4, -0.2) is 10.5 Å². The number of nitrogens with one attached hydrogen (secondary N) is 1. The lowest BCUT2D eigenvalue weighted by molar-refractivity contribution is -0.121. The number of aryl methyl sites for hydroxylation is 1. The van der Waals surface area contributed by atoms with Crippen LogP contribution in [0, 0.1) is 5.82 Å². The molecule has 0 aliphatic heterocycles. The Kier molecular flexibility index (Phi) is 4.98. The van der Waals surface area contributed by atoms with Crippen molar-refractivity contribution in [2.24, 2.45) is 7.05 Å². The molecular weight excluding hydrogens is 355 g/mol. The molecule has 4 nitrogen and oxygen atoms in total. The molecule has 5 heteroatoms. The molecule has 2 heterocycles. The average molecular weight is 376 g/mol. The van der Waals surface area contributed by atoms with E-state index in [9.17, 15) is 9.18 Å². The minimum absolute atomic E-state index is 0.148. The lowest BCUT2D eigenvalue weighted by Gasteiger charge is -2.18. The summed E-state index contributed by atoms with van der Waals surface area (Å²) in [6.07, 6.45) is 3.71. The van der Waals surface area contributed by atoms with Crippen LogP contribution in [0.25, 0.3) is 10.9 Å². The first-order valence-corrected chi connectivity index (χ1v) is 9.21. The minimum Gasteiger partial charge on any atom is -0.467 e. The maximum atomic E-state index is 14.6. The van der Waals surface area contributed by atoms with Crippen LogP contribution in [0.4, 0.5) is 4.39 Å². The number of amides is 1. The van der Waals surface area contributed by atoms with Crippen LogP contribution < -0.4 is 5.32 Å². The quantitative estimate of drug-likeness (QED) is 0.528. The third-order valence-corrected chi connectivity index (χ3v) is 5.01. The highest BCUT2D eigenvalue weighted by Crippen LogP contribution is 2.35. The molecule has 0 aliphatic rings. The first-order valence-electron chi connectivity index (χ1n) is 9.21. The van der Waals surface area contributed by atoms with E-state index in [1.807, 2.05) is 42.1 Å². The van der Waals surface area contributed by atoms with Gasteiger partial charge in [-0.15, -0.1) is 0 Å². The molecule has 0 saturated carbocycles. The van der Waals surface area contributed by atoms with E-state index < -0.39 is 0 Å². The zero-order valence-corrected chi connectivity index (χ0v) is 15.6. The van der Waals surface area contributed by atoms with Gasteiger partial charge in [0.2, 0.25) is 5.91 Å². The van der Waals surface area contributed by atoms with Crippen LogP contribution >= 0.6 is 0 Å². The highest BCUT2D eigenvalue weighted by Gasteiger charge is 2.24. The van der Waals surface area contributed by atoms with E-state index in [1.165, 1.54) is 6.07 Å². The van der Waals surface area contributed by atoms with Gasteiger partial charge in [-0.05, 0) is 35.4 Å². The Morgan fingerprint density at radius 1 is 1.07 bits per heavy atom. The lowest BCUT2D eigenvalue weighted by Crippen LogP contribution is -2.25. The smallest absolute Gasteiger partial charge is 0.221 e. The number of hydrogen-bond acceptors (Lipinski definition) is 2. The number of fused-ring (bicyclic) bond motifs is 1. The molecule has 0 aliphatic carbocycles. The molecule has 4 rings (SSSR count). The Morgan fingerprint density at radius 2 is 1.86 bits per heavy atom. The minimum atomic E-state index is -0.385. The summed E-state index contributed by atoms with van der Waals surface area (Å²) in [6, 6.07) is 18.2. The van der Waals surface area contributed by atoms with E-state index in [2.05, 4.69) is 5.32 Å². The molecule has 1 N–H and O–H groups in total. The lowest BCUT2D eigenvalue weighted by atomic mass is 9.87. The molecule has 28 heavy (non-hydrogen) atoms. The summed E-state index contributed by atoms with van der Waals surface area (Å²) in [5, 5.41) is 3.89. The van der Waals surface area contributed by atoms with Crippen LogP contribution in [0.2, 0.25) is 0 Å². The van der Waals surface area contributed by atoms with Crippen molar-refractivity contribution < 1.29 is 13.6 Å². The van der Waals surface area contributed by atoms with Gasteiger partial charge < -0.3 is 14.3 Å². The number of nitrogens with zero attached hydrogens (tertiary/aromatic N) is 1. The molecule has 0 spiro atoms. The summed E-state index contributed by atoms with van der Waals surface area (Å²) < 4.78 is 21.9. The second-order valence-electron chi connectivity index (χ2n) is 6.85. The summed E-state index contributed by atoms with van der Waals surface area (Å²) in [7, 11) is 1.96. The van der Waals surface area contributed by atoms with E-state index in [0.29, 0.717) is 17.9 Å². The van der Waals surface area contributed by atoms with E-state index in [-0.39, 0.29) is 24.1 Å². The molecule has 0 saturated heterocycles.